The zero-order valence-electron chi connectivity index (χ0n) is 13.0. The Hall–Kier alpha value is -2.34. The van der Waals surface area contributed by atoms with Gasteiger partial charge in [-0.2, -0.15) is 0 Å². The molecule has 122 valence electrons. The third-order valence-corrected chi connectivity index (χ3v) is 3.81. The standard InChI is InChI=1S/C17H21N3O3/c21-17(16-6-5-14-3-1-2-4-15(14)23-16)19-8-11-22-12-10-20-9-7-18-13-20/h1-4,7,9,13,16H,5-6,8,10-12H2,(H,19,21). The topological polar surface area (TPSA) is 65.4 Å². The highest BCUT2D eigenvalue weighted by Crippen LogP contribution is 2.26. The van der Waals surface area contributed by atoms with E-state index in [9.17, 15) is 4.79 Å². The van der Waals surface area contributed by atoms with Crippen molar-refractivity contribution in [1.82, 2.24) is 14.9 Å². The minimum atomic E-state index is -0.407. The molecule has 1 aromatic heterocycles. The lowest BCUT2D eigenvalue weighted by atomic mass is 10.0. The second-order valence-electron chi connectivity index (χ2n) is 5.46. The van der Waals surface area contributed by atoms with Gasteiger partial charge in [-0.3, -0.25) is 4.79 Å². The van der Waals surface area contributed by atoms with Gasteiger partial charge in [0.25, 0.3) is 5.91 Å². The van der Waals surface area contributed by atoms with Gasteiger partial charge in [0.15, 0.2) is 6.10 Å². The molecule has 0 saturated heterocycles. The summed E-state index contributed by atoms with van der Waals surface area (Å²) in [5.41, 5.74) is 1.17. The van der Waals surface area contributed by atoms with Crippen LogP contribution in [0, 0.1) is 0 Å². The van der Waals surface area contributed by atoms with Crippen LogP contribution in [0.25, 0.3) is 0 Å². The maximum Gasteiger partial charge on any atom is 0.261 e. The number of para-hydroxylation sites is 1. The fraction of sp³-hybridized carbons (Fsp3) is 0.412. The number of hydrogen-bond donors (Lipinski definition) is 1. The van der Waals surface area contributed by atoms with Gasteiger partial charge >= 0.3 is 0 Å². The summed E-state index contributed by atoms with van der Waals surface area (Å²) >= 11 is 0. The molecule has 0 aliphatic carbocycles. The maximum absolute atomic E-state index is 12.1. The minimum absolute atomic E-state index is 0.0716. The highest BCUT2D eigenvalue weighted by Gasteiger charge is 2.25. The Labute approximate surface area is 135 Å². The van der Waals surface area contributed by atoms with Crippen molar-refractivity contribution in [3.63, 3.8) is 0 Å². The van der Waals surface area contributed by atoms with Crippen molar-refractivity contribution in [1.29, 1.82) is 0 Å². The zero-order valence-corrected chi connectivity index (χ0v) is 13.0. The predicted octanol–water partition coefficient (Wildman–Crippen LogP) is 1.41. The molecule has 3 rings (SSSR count). The van der Waals surface area contributed by atoms with Crippen molar-refractivity contribution in [3.05, 3.63) is 48.5 Å². The molecule has 0 radical (unpaired) electrons. The highest BCUT2D eigenvalue weighted by atomic mass is 16.5. The lowest BCUT2D eigenvalue weighted by molar-refractivity contribution is -0.128. The lowest BCUT2D eigenvalue weighted by Gasteiger charge is -2.25. The van der Waals surface area contributed by atoms with E-state index in [0.717, 1.165) is 18.7 Å². The van der Waals surface area contributed by atoms with Gasteiger partial charge in [0.05, 0.1) is 19.5 Å². The van der Waals surface area contributed by atoms with Crippen molar-refractivity contribution < 1.29 is 14.3 Å². The number of carbonyl (C=O) groups excluding carboxylic acids is 1. The summed E-state index contributed by atoms with van der Waals surface area (Å²) < 4.78 is 13.2. The molecule has 1 unspecified atom stereocenters. The Kier molecular flexibility index (Phi) is 5.26. The van der Waals surface area contributed by atoms with Crippen LogP contribution >= 0.6 is 0 Å². The van der Waals surface area contributed by atoms with Gasteiger partial charge < -0.3 is 19.4 Å². The molecule has 1 aromatic carbocycles. The van der Waals surface area contributed by atoms with E-state index in [1.54, 1.807) is 12.5 Å². The number of ether oxygens (including phenoxy) is 2. The molecule has 1 aliphatic rings. The monoisotopic (exact) mass is 315 g/mol. The number of carbonyl (C=O) groups is 1. The van der Waals surface area contributed by atoms with E-state index in [-0.39, 0.29) is 5.91 Å². The smallest absolute Gasteiger partial charge is 0.261 e. The van der Waals surface area contributed by atoms with Gasteiger partial charge in [-0.05, 0) is 24.5 Å². The second-order valence-corrected chi connectivity index (χ2v) is 5.46. The van der Waals surface area contributed by atoms with Gasteiger partial charge in [0, 0.05) is 25.5 Å². The third-order valence-electron chi connectivity index (χ3n) is 3.81. The van der Waals surface area contributed by atoms with Crippen LogP contribution in [0.15, 0.2) is 43.0 Å². The Bertz CT molecular complexity index is 628. The number of aromatic nitrogens is 2. The number of amides is 1. The molecule has 1 aliphatic heterocycles. The molecular weight excluding hydrogens is 294 g/mol. The molecular formula is C17H21N3O3. The summed E-state index contributed by atoms with van der Waals surface area (Å²) in [5.74, 6) is 0.744. The fourth-order valence-corrected chi connectivity index (χ4v) is 2.56. The van der Waals surface area contributed by atoms with Crippen molar-refractivity contribution in [2.45, 2.75) is 25.5 Å². The minimum Gasteiger partial charge on any atom is -0.480 e. The quantitative estimate of drug-likeness (QED) is 0.785. The van der Waals surface area contributed by atoms with Crippen molar-refractivity contribution in [2.75, 3.05) is 19.8 Å². The van der Waals surface area contributed by atoms with E-state index in [1.165, 1.54) is 5.56 Å². The van der Waals surface area contributed by atoms with Gasteiger partial charge in [0.1, 0.15) is 5.75 Å². The fourth-order valence-electron chi connectivity index (χ4n) is 2.56. The molecule has 2 heterocycles. The number of nitrogens with zero attached hydrogens (tertiary/aromatic N) is 2. The van der Waals surface area contributed by atoms with Crippen molar-refractivity contribution in [2.24, 2.45) is 0 Å². The van der Waals surface area contributed by atoms with Gasteiger partial charge in [-0.1, -0.05) is 18.2 Å². The highest BCUT2D eigenvalue weighted by molar-refractivity contribution is 5.81. The van der Waals surface area contributed by atoms with E-state index in [0.29, 0.717) is 26.2 Å². The first-order valence-electron chi connectivity index (χ1n) is 7.89. The molecule has 2 aromatic rings. The number of aryl methyl sites for hydroxylation is 1. The van der Waals surface area contributed by atoms with Crippen LogP contribution in [0.2, 0.25) is 0 Å². The van der Waals surface area contributed by atoms with Gasteiger partial charge in [0.2, 0.25) is 0 Å². The first-order chi connectivity index (χ1) is 11.3. The summed E-state index contributed by atoms with van der Waals surface area (Å²) in [7, 11) is 0. The van der Waals surface area contributed by atoms with E-state index in [4.69, 9.17) is 9.47 Å². The Morgan fingerprint density at radius 3 is 3.17 bits per heavy atom. The average Bonchev–Trinajstić information content (AvgIpc) is 3.10. The molecule has 1 N–H and O–H groups in total. The number of hydrogen-bond acceptors (Lipinski definition) is 4. The van der Waals surface area contributed by atoms with Crippen LogP contribution in [-0.4, -0.2) is 41.3 Å². The summed E-state index contributed by atoms with van der Waals surface area (Å²) in [6.45, 7) is 2.34. The molecule has 23 heavy (non-hydrogen) atoms. The van der Waals surface area contributed by atoms with Crippen LogP contribution in [-0.2, 0) is 22.5 Å². The van der Waals surface area contributed by atoms with Gasteiger partial charge in [-0.25, -0.2) is 4.98 Å². The molecule has 0 bridgehead atoms. The number of rotatable bonds is 7. The van der Waals surface area contributed by atoms with Crippen LogP contribution in [0.5, 0.6) is 5.75 Å². The Morgan fingerprint density at radius 1 is 1.39 bits per heavy atom. The molecule has 1 atom stereocenters. The summed E-state index contributed by atoms with van der Waals surface area (Å²) in [5, 5.41) is 2.87. The van der Waals surface area contributed by atoms with Crippen molar-refractivity contribution >= 4 is 5.91 Å². The Balaban J connectivity index is 1.32. The maximum atomic E-state index is 12.1. The van der Waals surface area contributed by atoms with E-state index < -0.39 is 6.10 Å². The van der Waals surface area contributed by atoms with Crippen LogP contribution in [0.4, 0.5) is 0 Å². The van der Waals surface area contributed by atoms with Crippen LogP contribution in [0.1, 0.15) is 12.0 Å². The number of benzene rings is 1. The first-order valence-corrected chi connectivity index (χ1v) is 7.89. The first kappa shape index (κ1) is 15.6. The van der Waals surface area contributed by atoms with Gasteiger partial charge in [-0.15, -0.1) is 0 Å². The third kappa shape index (κ3) is 4.32. The SMILES string of the molecule is O=C(NCCOCCn1ccnc1)C1CCc2ccccc2O1. The molecule has 1 amide bonds. The summed E-state index contributed by atoms with van der Waals surface area (Å²) in [4.78, 5) is 16.1. The van der Waals surface area contributed by atoms with E-state index in [1.807, 2.05) is 35.0 Å². The second kappa shape index (κ2) is 7.78. The molecule has 6 heteroatoms. The molecule has 0 fully saturated rings. The van der Waals surface area contributed by atoms with Crippen LogP contribution in [0.3, 0.4) is 0 Å². The lowest BCUT2D eigenvalue weighted by Crippen LogP contribution is -2.41. The summed E-state index contributed by atoms with van der Waals surface area (Å²) in [6.07, 6.45) is 6.56. The molecule has 0 saturated carbocycles. The number of nitrogens with one attached hydrogen (secondary N) is 1. The van der Waals surface area contributed by atoms with E-state index in [2.05, 4.69) is 10.3 Å². The number of imidazole rings is 1. The molecule has 6 nitrogen and oxygen atoms in total. The van der Waals surface area contributed by atoms with E-state index >= 15 is 0 Å². The normalized spacial score (nSPS) is 16.4. The number of fused-ring (bicyclic) bond motifs is 1. The molecule has 0 spiro atoms. The Morgan fingerprint density at radius 2 is 2.30 bits per heavy atom. The summed E-state index contributed by atoms with van der Waals surface area (Å²) in [6, 6.07) is 7.86. The predicted molar refractivity (Wildman–Crippen MR) is 85.2 cm³/mol. The zero-order chi connectivity index (χ0) is 15.9. The largest absolute Gasteiger partial charge is 0.480 e. The van der Waals surface area contributed by atoms with Crippen LogP contribution < -0.4 is 10.1 Å². The van der Waals surface area contributed by atoms with Crippen molar-refractivity contribution in [3.8, 4) is 5.75 Å². The average molecular weight is 315 g/mol.